The van der Waals surface area contributed by atoms with Gasteiger partial charge >= 0.3 is 5.97 Å². The Morgan fingerprint density at radius 1 is 1.64 bits per heavy atom. The number of pyridine rings is 1. The highest BCUT2D eigenvalue weighted by atomic mass is 79.9. The van der Waals surface area contributed by atoms with Crippen molar-refractivity contribution < 1.29 is 9.90 Å². The van der Waals surface area contributed by atoms with Gasteiger partial charge in [0.05, 0.1) is 11.4 Å². The van der Waals surface area contributed by atoms with Gasteiger partial charge in [0.15, 0.2) is 0 Å². The Labute approximate surface area is 89.5 Å². The van der Waals surface area contributed by atoms with Crippen molar-refractivity contribution in [1.29, 1.82) is 0 Å². The number of aryl methyl sites for hydroxylation is 1. The van der Waals surface area contributed by atoms with Gasteiger partial charge in [-0.15, -0.1) is 0 Å². The summed E-state index contributed by atoms with van der Waals surface area (Å²) < 4.78 is 0.777. The molecule has 0 saturated carbocycles. The third-order valence-electron chi connectivity index (χ3n) is 2.16. The summed E-state index contributed by atoms with van der Waals surface area (Å²) in [5.41, 5.74) is 1.86. The Balaban J connectivity index is 2.51. The third kappa shape index (κ3) is 1.59. The van der Waals surface area contributed by atoms with Crippen LogP contribution >= 0.6 is 15.9 Å². The van der Waals surface area contributed by atoms with Crippen LogP contribution in [0.3, 0.4) is 0 Å². The monoisotopic (exact) mass is 256 g/mol. The quantitative estimate of drug-likeness (QED) is 0.806. The Kier molecular flexibility index (Phi) is 2.41. The minimum absolute atomic E-state index is 0.0966. The van der Waals surface area contributed by atoms with Crippen molar-refractivity contribution in [1.82, 2.24) is 4.98 Å². The first-order valence-corrected chi connectivity index (χ1v) is 5.14. The molecule has 0 radical (unpaired) electrons. The molecular weight excluding hydrogens is 248 g/mol. The van der Waals surface area contributed by atoms with Crippen LogP contribution in [0.2, 0.25) is 0 Å². The van der Waals surface area contributed by atoms with Crippen molar-refractivity contribution in [3.8, 4) is 0 Å². The van der Waals surface area contributed by atoms with E-state index in [0.29, 0.717) is 0 Å². The summed E-state index contributed by atoms with van der Waals surface area (Å²) in [6, 6.07) is 1.53. The Bertz CT molecular complexity index is 393. The smallest absolute Gasteiger partial charge is 0.354 e. The van der Waals surface area contributed by atoms with E-state index in [2.05, 4.69) is 26.2 Å². The lowest BCUT2D eigenvalue weighted by Gasteiger charge is -2.18. The fourth-order valence-corrected chi connectivity index (χ4v) is 2.10. The maximum atomic E-state index is 10.7. The minimum atomic E-state index is -0.987. The predicted octanol–water partition coefficient (Wildman–Crippen LogP) is 1.90. The molecule has 1 aromatic rings. The first kappa shape index (κ1) is 9.45. The zero-order chi connectivity index (χ0) is 10.1. The van der Waals surface area contributed by atoms with Crippen molar-refractivity contribution in [2.45, 2.75) is 12.8 Å². The average Bonchev–Trinajstić information content (AvgIpc) is 2.17. The Morgan fingerprint density at radius 2 is 2.43 bits per heavy atom. The number of carboxylic acid groups (broad SMARTS) is 1. The highest BCUT2D eigenvalue weighted by Gasteiger charge is 2.16. The van der Waals surface area contributed by atoms with Gasteiger partial charge in [-0.2, -0.15) is 0 Å². The van der Waals surface area contributed by atoms with Gasteiger partial charge in [-0.25, -0.2) is 9.78 Å². The number of rotatable bonds is 1. The van der Waals surface area contributed by atoms with Crippen LogP contribution in [-0.4, -0.2) is 22.6 Å². The van der Waals surface area contributed by atoms with Crippen molar-refractivity contribution in [3.05, 3.63) is 21.9 Å². The molecule has 2 heterocycles. The number of aromatic carboxylic acids is 1. The van der Waals surface area contributed by atoms with Gasteiger partial charge < -0.3 is 10.4 Å². The van der Waals surface area contributed by atoms with Crippen LogP contribution in [0.15, 0.2) is 10.5 Å². The lowest BCUT2D eigenvalue weighted by Crippen LogP contribution is -2.15. The van der Waals surface area contributed by atoms with Crippen LogP contribution < -0.4 is 5.32 Å². The van der Waals surface area contributed by atoms with E-state index in [9.17, 15) is 4.79 Å². The highest BCUT2D eigenvalue weighted by Crippen LogP contribution is 2.29. The number of aromatic nitrogens is 1. The topological polar surface area (TPSA) is 62.2 Å². The average molecular weight is 257 g/mol. The summed E-state index contributed by atoms with van der Waals surface area (Å²) in [5.74, 6) is -0.987. The SMILES string of the molecule is O=C(O)c1cc(Br)c2c(n1)CCCN2. The molecule has 1 aromatic heterocycles. The number of hydrogen-bond donors (Lipinski definition) is 2. The lowest BCUT2D eigenvalue weighted by atomic mass is 10.1. The van der Waals surface area contributed by atoms with Gasteiger partial charge in [0, 0.05) is 11.0 Å². The molecule has 0 spiro atoms. The van der Waals surface area contributed by atoms with E-state index in [1.165, 1.54) is 6.07 Å². The highest BCUT2D eigenvalue weighted by molar-refractivity contribution is 9.10. The van der Waals surface area contributed by atoms with E-state index in [0.717, 1.165) is 35.2 Å². The molecule has 0 bridgehead atoms. The number of carboxylic acids is 1. The van der Waals surface area contributed by atoms with Crippen LogP contribution in [0.1, 0.15) is 22.6 Å². The molecule has 4 nitrogen and oxygen atoms in total. The van der Waals surface area contributed by atoms with Crippen molar-refractivity contribution in [2.75, 3.05) is 11.9 Å². The fourth-order valence-electron chi connectivity index (χ4n) is 1.51. The van der Waals surface area contributed by atoms with Crippen molar-refractivity contribution in [2.24, 2.45) is 0 Å². The molecule has 14 heavy (non-hydrogen) atoms. The largest absolute Gasteiger partial charge is 0.477 e. The minimum Gasteiger partial charge on any atom is -0.477 e. The fraction of sp³-hybridized carbons (Fsp3) is 0.333. The van der Waals surface area contributed by atoms with Crippen LogP contribution in [0.5, 0.6) is 0 Å². The second-order valence-corrected chi connectivity index (χ2v) is 4.00. The van der Waals surface area contributed by atoms with Crippen LogP contribution in [0.4, 0.5) is 5.69 Å². The molecule has 5 heteroatoms. The third-order valence-corrected chi connectivity index (χ3v) is 2.78. The lowest BCUT2D eigenvalue weighted by molar-refractivity contribution is 0.0690. The van der Waals surface area contributed by atoms with Crippen LogP contribution in [0.25, 0.3) is 0 Å². The Morgan fingerprint density at radius 3 is 3.14 bits per heavy atom. The summed E-state index contributed by atoms with van der Waals surface area (Å²) in [5, 5.41) is 12.0. The van der Waals surface area contributed by atoms with Crippen LogP contribution in [0, 0.1) is 0 Å². The van der Waals surface area contributed by atoms with Gasteiger partial charge in [0.25, 0.3) is 0 Å². The normalized spacial score (nSPS) is 14.4. The molecule has 74 valence electrons. The first-order valence-electron chi connectivity index (χ1n) is 4.35. The van der Waals surface area contributed by atoms with E-state index < -0.39 is 5.97 Å². The first-order chi connectivity index (χ1) is 6.68. The van der Waals surface area contributed by atoms with E-state index >= 15 is 0 Å². The molecule has 0 fully saturated rings. The molecule has 2 N–H and O–H groups in total. The van der Waals surface area contributed by atoms with Crippen molar-refractivity contribution >= 4 is 27.6 Å². The van der Waals surface area contributed by atoms with E-state index in [1.807, 2.05) is 0 Å². The van der Waals surface area contributed by atoms with E-state index in [-0.39, 0.29) is 5.69 Å². The number of hydrogen-bond acceptors (Lipinski definition) is 3. The summed E-state index contributed by atoms with van der Waals surface area (Å²) in [7, 11) is 0. The molecule has 0 unspecified atom stereocenters. The standard InChI is InChI=1S/C9H9BrN2O2/c10-5-4-7(9(13)14)12-6-2-1-3-11-8(5)6/h4,11H,1-3H2,(H,13,14). The van der Waals surface area contributed by atoms with Gasteiger partial charge in [-0.1, -0.05) is 0 Å². The van der Waals surface area contributed by atoms with Gasteiger partial charge in [-0.05, 0) is 34.8 Å². The molecule has 1 aliphatic rings. The summed E-state index contributed by atoms with van der Waals surface area (Å²) in [6.45, 7) is 0.916. The summed E-state index contributed by atoms with van der Waals surface area (Å²) in [4.78, 5) is 14.8. The van der Waals surface area contributed by atoms with Gasteiger partial charge in [0.2, 0.25) is 0 Å². The maximum absolute atomic E-state index is 10.7. The second kappa shape index (κ2) is 3.57. The molecule has 0 amide bonds. The van der Waals surface area contributed by atoms with Crippen molar-refractivity contribution in [3.63, 3.8) is 0 Å². The molecule has 0 atom stereocenters. The summed E-state index contributed by atoms with van der Waals surface area (Å²) >= 11 is 3.34. The molecule has 1 aliphatic heterocycles. The number of nitrogens with one attached hydrogen (secondary N) is 1. The molecule has 0 aromatic carbocycles. The molecular formula is C9H9BrN2O2. The van der Waals surface area contributed by atoms with E-state index in [1.54, 1.807) is 0 Å². The number of halogens is 1. The zero-order valence-electron chi connectivity index (χ0n) is 7.38. The zero-order valence-corrected chi connectivity index (χ0v) is 8.97. The predicted molar refractivity (Wildman–Crippen MR) is 55.7 cm³/mol. The summed E-state index contributed by atoms with van der Waals surface area (Å²) in [6.07, 6.45) is 1.83. The number of fused-ring (bicyclic) bond motifs is 1. The van der Waals surface area contributed by atoms with Crippen LogP contribution in [-0.2, 0) is 6.42 Å². The van der Waals surface area contributed by atoms with E-state index in [4.69, 9.17) is 5.11 Å². The van der Waals surface area contributed by atoms with Gasteiger partial charge in [-0.3, -0.25) is 0 Å². The Hall–Kier alpha value is -1.10. The molecule has 0 saturated heterocycles. The number of carbonyl (C=O) groups is 1. The number of nitrogens with zero attached hydrogens (tertiary/aromatic N) is 1. The molecule has 0 aliphatic carbocycles. The number of anilines is 1. The molecule has 2 rings (SSSR count). The van der Waals surface area contributed by atoms with Gasteiger partial charge in [0.1, 0.15) is 5.69 Å². The second-order valence-electron chi connectivity index (χ2n) is 3.15. The maximum Gasteiger partial charge on any atom is 0.354 e.